The van der Waals surface area contributed by atoms with Crippen molar-refractivity contribution in [2.45, 2.75) is 6.92 Å². The molecule has 0 bridgehead atoms. The van der Waals surface area contributed by atoms with Crippen LogP contribution in [-0.4, -0.2) is 18.1 Å². The molecule has 1 N–H and O–H groups in total. The SMILES string of the molecule is COC(=O)c1[nH]ccc(=O)c1C. The van der Waals surface area contributed by atoms with Gasteiger partial charge in [-0.1, -0.05) is 0 Å². The van der Waals surface area contributed by atoms with Crippen molar-refractivity contribution in [3.8, 4) is 0 Å². The van der Waals surface area contributed by atoms with Crippen LogP contribution < -0.4 is 5.43 Å². The third-order valence-corrected chi connectivity index (χ3v) is 1.60. The maximum absolute atomic E-state index is 11.0. The van der Waals surface area contributed by atoms with Crippen LogP contribution in [0.15, 0.2) is 17.1 Å². The van der Waals surface area contributed by atoms with Crippen molar-refractivity contribution in [2.75, 3.05) is 7.11 Å². The van der Waals surface area contributed by atoms with Gasteiger partial charge in [0, 0.05) is 17.8 Å². The Morgan fingerprint density at radius 1 is 1.58 bits per heavy atom. The maximum atomic E-state index is 11.0. The van der Waals surface area contributed by atoms with Gasteiger partial charge in [-0.05, 0) is 6.92 Å². The molecule has 1 aromatic heterocycles. The van der Waals surface area contributed by atoms with Crippen molar-refractivity contribution < 1.29 is 9.53 Å². The zero-order valence-corrected chi connectivity index (χ0v) is 6.88. The van der Waals surface area contributed by atoms with Gasteiger partial charge in [-0.25, -0.2) is 4.79 Å². The molecule has 0 amide bonds. The predicted molar refractivity (Wildman–Crippen MR) is 43.1 cm³/mol. The molecular formula is C8H9NO3. The van der Waals surface area contributed by atoms with E-state index < -0.39 is 5.97 Å². The van der Waals surface area contributed by atoms with Gasteiger partial charge in [-0.15, -0.1) is 0 Å². The summed E-state index contributed by atoms with van der Waals surface area (Å²) in [6.45, 7) is 1.57. The number of rotatable bonds is 1. The standard InChI is InChI=1S/C8H9NO3/c1-5-6(10)3-4-9-7(5)8(11)12-2/h3-4H,1-2H3,(H,9,10). The van der Waals surface area contributed by atoms with Crippen molar-refractivity contribution in [1.82, 2.24) is 4.98 Å². The highest BCUT2D eigenvalue weighted by Crippen LogP contribution is 1.98. The Hall–Kier alpha value is -1.58. The molecule has 0 saturated carbocycles. The molecule has 0 aliphatic rings. The van der Waals surface area contributed by atoms with Gasteiger partial charge in [0.2, 0.25) is 0 Å². The average molecular weight is 167 g/mol. The number of aromatic amines is 1. The summed E-state index contributed by atoms with van der Waals surface area (Å²) < 4.78 is 4.46. The summed E-state index contributed by atoms with van der Waals surface area (Å²) in [6.07, 6.45) is 1.42. The Labute approximate surface area is 69.2 Å². The van der Waals surface area contributed by atoms with E-state index in [2.05, 4.69) is 9.72 Å². The average Bonchev–Trinajstić information content (AvgIpc) is 2.08. The summed E-state index contributed by atoms with van der Waals surface area (Å²) in [6, 6.07) is 1.36. The molecule has 0 radical (unpaired) electrons. The number of carbonyl (C=O) groups excluding carboxylic acids is 1. The minimum Gasteiger partial charge on any atom is -0.464 e. The van der Waals surface area contributed by atoms with Crippen LogP contribution >= 0.6 is 0 Å². The normalized spacial score (nSPS) is 9.50. The van der Waals surface area contributed by atoms with E-state index in [1.165, 1.54) is 19.4 Å². The van der Waals surface area contributed by atoms with E-state index in [9.17, 15) is 9.59 Å². The van der Waals surface area contributed by atoms with Gasteiger partial charge >= 0.3 is 5.97 Å². The van der Waals surface area contributed by atoms with Crippen LogP contribution in [0.3, 0.4) is 0 Å². The Kier molecular flexibility index (Phi) is 2.28. The minimum atomic E-state index is -0.523. The summed E-state index contributed by atoms with van der Waals surface area (Å²) in [4.78, 5) is 24.7. The lowest BCUT2D eigenvalue weighted by Crippen LogP contribution is -2.14. The molecule has 4 nitrogen and oxygen atoms in total. The van der Waals surface area contributed by atoms with Crippen LogP contribution in [0, 0.1) is 6.92 Å². The van der Waals surface area contributed by atoms with Crippen LogP contribution in [-0.2, 0) is 4.74 Å². The first kappa shape index (κ1) is 8.52. The molecule has 64 valence electrons. The zero-order chi connectivity index (χ0) is 9.14. The number of pyridine rings is 1. The van der Waals surface area contributed by atoms with E-state index in [-0.39, 0.29) is 11.1 Å². The van der Waals surface area contributed by atoms with Gasteiger partial charge < -0.3 is 9.72 Å². The fourth-order valence-electron chi connectivity index (χ4n) is 0.871. The molecule has 0 saturated heterocycles. The zero-order valence-electron chi connectivity index (χ0n) is 6.88. The topological polar surface area (TPSA) is 59.2 Å². The largest absolute Gasteiger partial charge is 0.464 e. The number of aromatic nitrogens is 1. The third-order valence-electron chi connectivity index (χ3n) is 1.60. The highest BCUT2D eigenvalue weighted by molar-refractivity contribution is 5.88. The number of ether oxygens (including phenoxy) is 1. The monoisotopic (exact) mass is 167 g/mol. The lowest BCUT2D eigenvalue weighted by Gasteiger charge is -2.00. The quantitative estimate of drug-likeness (QED) is 0.618. The first-order chi connectivity index (χ1) is 5.66. The predicted octanol–water partition coefficient (Wildman–Crippen LogP) is 0.470. The van der Waals surface area contributed by atoms with Crippen LogP contribution in [0.5, 0.6) is 0 Å². The van der Waals surface area contributed by atoms with E-state index >= 15 is 0 Å². The molecule has 12 heavy (non-hydrogen) atoms. The van der Waals surface area contributed by atoms with E-state index in [1.807, 2.05) is 0 Å². The van der Waals surface area contributed by atoms with Gasteiger partial charge in [0.05, 0.1) is 7.11 Å². The van der Waals surface area contributed by atoms with E-state index in [4.69, 9.17) is 0 Å². The molecule has 1 rings (SSSR count). The molecule has 4 heteroatoms. The molecule has 0 fully saturated rings. The van der Waals surface area contributed by atoms with E-state index in [0.717, 1.165) is 0 Å². The summed E-state index contributed by atoms with van der Waals surface area (Å²) in [7, 11) is 1.27. The lowest BCUT2D eigenvalue weighted by atomic mass is 10.2. The van der Waals surface area contributed by atoms with Gasteiger partial charge in [-0.2, -0.15) is 0 Å². The minimum absolute atomic E-state index is 0.172. The molecule has 0 unspecified atom stereocenters. The first-order valence-electron chi connectivity index (χ1n) is 3.43. The van der Waals surface area contributed by atoms with E-state index in [0.29, 0.717) is 5.56 Å². The number of hydrogen-bond donors (Lipinski definition) is 1. The van der Waals surface area contributed by atoms with E-state index in [1.54, 1.807) is 6.92 Å². The molecular weight excluding hydrogens is 158 g/mol. The molecule has 0 atom stereocenters. The number of H-pyrrole nitrogens is 1. The second-order valence-electron chi connectivity index (χ2n) is 2.33. The third kappa shape index (κ3) is 1.37. The van der Waals surface area contributed by atoms with Crippen LogP contribution in [0.25, 0.3) is 0 Å². The number of carbonyl (C=O) groups is 1. The van der Waals surface area contributed by atoms with Crippen molar-refractivity contribution in [1.29, 1.82) is 0 Å². The van der Waals surface area contributed by atoms with Gasteiger partial charge in [0.1, 0.15) is 5.69 Å². The Morgan fingerprint density at radius 2 is 2.25 bits per heavy atom. The van der Waals surface area contributed by atoms with Crippen molar-refractivity contribution in [3.63, 3.8) is 0 Å². The molecule has 1 aromatic rings. The van der Waals surface area contributed by atoms with Crippen molar-refractivity contribution in [3.05, 3.63) is 33.7 Å². The highest BCUT2D eigenvalue weighted by Gasteiger charge is 2.10. The van der Waals surface area contributed by atoms with Crippen molar-refractivity contribution >= 4 is 5.97 Å². The number of hydrogen-bond acceptors (Lipinski definition) is 3. The van der Waals surface area contributed by atoms with Crippen molar-refractivity contribution in [2.24, 2.45) is 0 Å². The van der Waals surface area contributed by atoms with Gasteiger partial charge in [0.25, 0.3) is 0 Å². The van der Waals surface area contributed by atoms with Crippen LogP contribution in [0.2, 0.25) is 0 Å². The van der Waals surface area contributed by atoms with Gasteiger partial charge in [0.15, 0.2) is 5.43 Å². The highest BCUT2D eigenvalue weighted by atomic mass is 16.5. The summed E-state index contributed by atoms with van der Waals surface area (Å²) in [5, 5.41) is 0. The molecule has 0 aliphatic carbocycles. The fourth-order valence-corrected chi connectivity index (χ4v) is 0.871. The Balaban J connectivity index is 3.26. The molecule has 1 heterocycles. The molecule has 0 aliphatic heterocycles. The summed E-state index contributed by atoms with van der Waals surface area (Å²) in [5.74, 6) is -0.523. The summed E-state index contributed by atoms with van der Waals surface area (Å²) in [5.41, 5.74) is 0.420. The maximum Gasteiger partial charge on any atom is 0.354 e. The number of esters is 1. The first-order valence-corrected chi connectivity index (χ1v) is 3.43. The summed E-state index contributed by atoms with van der Waals surface area (Å²) >= 11 is 0. The van der Waals surface area contributed by atoms with Gasteiger partial charge in [-0.3, -0.25) is 4.79 Å². The lowest BCUT2D eigenvalue weighted by molar-refractivity contribution is 0.0593. The molecule has 0 aromatic carbocycles. The van der Waals surface area contributed by atoms with Crippen LogP contribution in [0.4, 0.5) is 0 Å². The van der Waals surface area contributed by atoms with Crippen LogP contribution in [0.1, 0.15) is 16.1 Å². The second-order valence-corrected chi connectivity index (χ2v) is 2.33. The number of nitrogens with one attached hydrogen (secondary N) is 1. The second kappa shape index (κ2) is 3.21. The molecule has 0 spiro atoms. The number of methoxy groups -OCH3 is 1. The Morgan fingerprint density at radius 3 is 2.83 bits per heavy atom. The fraction of sp³-hybridized carbons (Fsp3) is 0.250. The smallest absolute Gasteiger partial charge is 0.354 e. The Bertz CT molecular complexity index is 354.